The van der Waals surface area contributed by atoms with E-state index in [2.05, 4.69) is 16.2 Å². The number of thiocarbonyl (C=S) groups is 1. The van der Waals surface area contributed by atoms with E-state index in [0.717, 1.165) is 11.3 Å². The van der Waals surface area contributed by atoms with Gasteiger partial charge in [0.2, 0.25) is 5.91 Å². The average Bonchev–Trinajstić information content (AvgIpc) is 2.65. The molecule has 0 aromatic heterocycles. The number of methoxy groups -OCH3 is 1. The van der Waals surface area contributed by atoms with Gasteiger partial charge in [-0.25, -0.2) is 0 Å². The normalized spacial score (nSPS) is 10.3. The second-order valence-corrected chi connectivity index (χ2v) is 6.38. The molecule has 2 aromatic rings. The van der Waals surface area contributed by atoms with Crippen LogP contribution in [0.5, 0.6) is 5.75 Å². The molecule has 2 aromatic carbocycles. The maximum atomic E-state index is 12.0. The third kappa shape index (κ3) is 6.56. The van der Waals surface area contributed by atoms with Gasteiger partial charge in [-0.05, 0) is 54.2 Å². The smallest absolute Gasteiger partial charge is 0.271 e. The number of nitrogens with one attached hydrogen (secondary N) is 3. The van der Waals surface area contributed by atoms with E-state index in [9.17, 15) is 9.59 Å². The molecule has 0 atom stereocenters. The highest BCUT2D eigenvalue weighted by Gasteiger charge is 2.11. The van der Waals surface area contributed by atoms with E-state index in [1.54, 1.807) is 37.5 Å². The molecule has 0 aliphatic rings. The molecule has 2 amide bonds. The van der Waals surface area contributed by atoms with E-state index in [4.69, 9.17) is 40.2 Å². The summed E-state index contributed by atoms with van der Waals surface area (Å²) < 4.78 is 5.06. The van der Waals surface area contributed by atoms with Crippen LogP contribution in [0, 0.1) is 0 Å². The number of benzene rings is 2. The van der Waals surface area contributed by atoms with Crippen LogP contribution in [0.1, 0.15) is 15.9 Å². The molecule has 140 valence electrons. The number of hydrazine groups is 1. The number of carbonyl (C=O) groups is 2. The molecule has 6 nitrogen and oxygen atoms in total. The minimum absolute atomic E-state index is 0.0715. The average molecular weight is 424 g/mol. The van der Waals surface area contributed by atoms with Crippen LogP contribution < -0.4 is 20.9 Å². The molecule has 0 unspecified atom stereocenters. The van der Waals surface area contributed by atoms with Crippen molar-refractivity contribution in [3.8, 4) is 5.75 Å². The summed E-state index contributed by atoms with van der Waals surface area (Å²) in [5.74, 6) is -0.261. The van der Waals surface area contributed by atoms with Crippen LogP contribution in [-0.4, -0.2) is 24.0 Å². The number of hydrogen-bond donors (Lipinski definition) is 3. The fourth-order valence-electron chi connectivity index (χ4n) is 1.93. The van der Waals surface area contributed by atoms with Gasteiger partial charge in [-0.2, -0.15) is 0 Å². The zero-order chi connectivity index (χ0) is 19.8. The van der Waals surface area contributed by atoms with Gasteiger partial charge in [0.25, 0.3) is 5.91 Å². The van der Waals surface area contributed by atoms with Gasteiger partial charge in [-0.1, -0.05) is 35.3 Å². The first-order valence-corrected chi connectivity index (χ1v) is 8.74. The van der Waals surface area contributed by atoms with Crippen molar-refractivity contribution >= 4 is 58.4 Å². The Kier molecular flexibility index (Phi) is 7.60. The molecule has 0 fully saturated rings. The largest absolute Gasteiger partial charge is 0.497 e. The summed E-state index contributed by atoms with van der Waals surface area (Å²) in [6, 6.07) is 11.6. The Morgan fingerprint density at radius 3 is 2.41 bits per heavy atom. The maximum Gasteiger partial charge on any atom is 0.271 e. The van der Waals surface area contributed by atoms with E-state index in [1.165, 1.54) is 24.3 Å². The second-order valence-electron chi connectivity index (χ2n) is 5.13. The summed E-state index contributed by atoms with van der Waals surface area (Å²) in [6.45, 7) is 0. The zero-order valence-corrected chi connectivity index (χ0v) is 16.4. The number of hydrogen-bond acceptors (Lipinski definition) is 4. The number of amides is 2. The van der Waals surface area contributed by atoms with Gasteiger partial charge >= 0.3 is 0 Å². The zero-order valence-electron chi connectivity index (χ0n) is 14.1. The summed E-state index contributed by atoms with van der Waals surface area (Å²) in [7, 11) is 1.58. The highest BCUT2D eigenvalue weighted by atomic mass is 35.5. The molecule has 27 heavy (non-hydrogen) atoms. The van der Waals surface area contributed by atoms with E-state index in [1.807, 2.05) is 0 Å². The van der Waals surface area contributed by atoms with Crippen LogP contribution in [0.3, 0.4) is 0 Å². The van der Waals surface area contributed by atoms with Crippen LogP contribution in [0.4, 0.5) is 0 Å². The van der Waals surface area contributed by atoms with Crippen molar-refractivity contribution in [3.63, 3.8) is 0 Å². The van der Waals surface area contributed by atoms with Crippen molar-refractivity contribution in [2.45, 2.75) is 0 Å². The van der Waals surface area contributed by atoms with Crippen LogP contribution >= 0.6 is 35.4 Å². The molecule has 0 aliphatic heterocycles. The Morgan fingerprint density at radius 2 is 1.78 bits per heavy atom. The minimum atomic E-state index is -0.526. The predicted molar refractivity (Wildman–Crippen MR) is 110 cm³/mol. The maximum absolute atomic E-state index is 12.0. The Hall–Kier alpha value is -2.61. The van der Waals surface area contributed by atoms with E-state index in [0.29, 0.717) is 5.02 Å². The number of rotatable bonds is 4. The third-order valence-electron chi connectivity index (χ3n) is 3.25. The highest BCUT2D eigenvalue weighted by molar-refractivity contribution is 7.80. The van der Waals surface area contributed by atoms with Gasteiger partial charge in [0.1, 0.15) is 5.75 Å². The Balaban J connectivity index is 1.82. The van der Waals surface area contributed by atoms with Gasteiger partial charge in [0.15, 0.2) is 5.11 Å². The van der Waals surface area contributed by atoms with Crippen molar-refractivity contribution in [1.82, 2.24) is 16.2 Å². The number of ether oxygens (including phenoxy) is 1. The van der Waals surface area contributed by atoms with Crippen molar-refractivity contribution in [2.75, 3.05) is 7.11 Å². The molecule has 9 heteroatoms. The first-order chi connectivity index (χ1) is 12.9. The monoisotopic (exact) mass is 423 g/mol. The molecule has 2 rings (SSSR count). The van der Waals surface area contributed by atoms with Gasteiger partial charge in [0.05, 0.1) is 17.7 Å². The standard InChI is InChI=1S/C18H15Cl2N3O3S/c1-26-13-6-2-11(3-7-13)4-9-16(24)21-18(27)23-22-17(25)14-8-5-12(19)10-15(14)20/h2-10H,1H3,(H,22,25)(H2,21,23,24,27). The lowest BCUT2D eigenvalue weighted by Crippen LogP contribution is -2.48. The second kappa shape index (κ2) is 9.91. The first-order valence-electron chi connectivity index (χ1n) is 7.57. The molecule has 0 radical (unpaired) electrons. The molecule has 0 heterocycles. The molecule has 0 aliphatic carbocycles. The van der Waals surface area contributed by atoms with Crippen molar-refractivity contribution in [3.05, 3.63) is 69.7 Å². The Bertz CT molecular complexity index is 886. The van der Waals surface area contributed by atoms with Crippen molar-refractivity contribution in [2.24, 2.45) is 0 Å². The number of carbonyl (C=O) groups excluding carboxylic acids is 2. The molecule has 0 saturated heterocycles. The molecular weight excluding hydrogens is 409 g/mol. The van der Waals surface area contributed by atoms with Gasteiger partial charge in [-0.3, -0.25) is 25.8 Å². The van der Waals surface area contributed by atoms with Gasteiger partial charge in [-0.15, -0.1) is 0 Å². The van der Waals surface area contributed by atoms with Crippen LogP contribution in [0.15, 0.2) is 48.5 Å². The minimum Gasteiger partial charge on any atom is -0.497 e. The summed E-state index contributed by atoms with van der Waals surface area (Å²) >= 11 is 16.7. The van der Waals surface area contributed by atoms with Crippen LogP contribution in [-0.2, 0) is 4.79 Å². The van der Waals surface area contributed by atoms with E-state index >= 15 is 0 Å². The SMILES string of the molecule is COc1ccc(C=CC(=O)NC(=S)NNC(=O)c2ccc(Cl)cc2Cl)cc1. The van der Waals surface area contributed by atoms with E-state index < -0.39 is 11.8 Å². The summed E-state index contributed by atoms with van der Waals surface area (Å²) in [5, 5.41) is 2.94. The lowest BCUT2D eigenvalue weighted by molar-refractivity contribution is -0.115. The van der Waals surface area contributed by atoms with Gasteiger partial charge < -0.3 is 4.74 Å². The van der Waals surface area contributed by atoms with E-state index in [-0.39, 0.29) is 15.7 Å². The first kappa shape index (κ1) is 20.7. The quantitative estimate of drug-likeness (QED) is 0.399. The fourth-order valence-corrected chi connectivity index (χ4v) is 2.57. The summed E-state index contributed by atoms with van der Waals surface area (Å²) in [5.41, 5.74) is 5.79. The molecular formula is C18H15Cl2N3O3S. The summed E-state index contributed by atoms with van der Waals surface area (Å²) in [6.07, 6.45) is 2.93. The predicted octanol–water partition coefficient (Wildman–Crippen LogP) is 3.35. The third-order valence-corrected chi connectivity index (χ3v) is 4.00. The molecule has 0 spiro atoms. The van der Waals surface area contributed by atoms with Crippen molar-refractivity contribution in [1.29, 1.82) is 0 Å². The van der Waals surface area contributed by atoms with Crippen LogP contribution in [0.2, 0.25) is 10.0 Å². The number of halogens is 2. The van der Waals surface area contributed by atoms with Crippen molar-refractivity contribution < 1.29 is 14.3 Å². The molecule has 0 bridgehead atoms. The Morgan fingerprint density at radius 1 is 1.07 bits per heavy atom. The van der Waals surface area contributed by atoms with Gasteiger partial charge in [0, 0.05) is 11.1 Å². The fraction of sp³-hybridized carbons (Fsp3) is 0.0556. The topological polar surface area (TPSA) is 79.5 Å². The highest BCUT2D eigenvalue weighted by Crippen LogP contribution is 2.20. The van der Waals surface area contributed by atoms with Crippen LogP contribution in [0.25, 0.3) is 6.08 Å². The lowest BCUT2D eigenvalue weighted by Gasteiger charge is -2.10. The Labute approximate surface area is 171 Å². The lowest BCUT2D eigenvalue weighted by atomic mass is 10.2. The molecule has 0 saturated carbocycles. The molecule has 3 N–H and O–H groups in total. The summed E-state index contributed by atoms with van der Waals surface area (Å²) in [4.78, 5) is 23.9.